The van der Waals surface area contributed by atoms with Crippen LogP contribution in [0.1, 0.15) is 47.1 Å². The molecule has 0 aliphatic carbocycles. The van der Waals surface area contributed by atoms with Crippen molar-refractivity contribution in [2.24, 2.45) is 11.3 Å². The normalized spacial score (nSPS) is 15.0. The minimum Gasteiger partial charge on any atom is -0.382 e. The van der Waals surface area contributed by atoms with Gasteiger partial charge in [0.2, 0.25) is 11.8 Å². The Morgan fingerprint density at radius 1 is 1.17 bits per heavy atom. The van der Waals surface area contributed by atoms with Gasteiger partial charge in [-0.1, -0.05) is 52.8 Å². The number of carbonyl (C=O) groups is 2. The number of benzene rings is 1. The summed E-state index contributed by atoms with van der Waals surface area (Å²) in [6, 6.07) is 12.3. The highest BCUT2D eigenvalue weighted by atomic mass is 16.2. The highest BCUT2D eigenvalue weighted by Gasteiger charge is 2.24. The molecule has 2 heterocycles. The highest BCUT2D eigenvalue weighted by molar-refractivity contribution is 5.93. The van der Waals surface area contributed by atoms with Crippen molar-refractivity contribution >= 4 is 23.3 Å². The van der Waals surface area contributed by atoms with Crippen molar-refractivity contribution in [1.29, 1.82) is 0 Å². The Morgan fingerprint density at radius 3 is 2.54 bits per heavy atom. The first-order valence-corrected chi connectivity index (χ1v) is 12.5. The van der Waals surface area contributed by atoms with Crippen LogP contribution in [-0.2, 0) is 16.1 Å². The first kappa shape index (κ1) is 26.7. The van der Waals surface area contributed by atoms with E-state index < -0.39 is 0 Å². The number of carbonyl (C=O) groups excluding carboxylic acids is 2. The first-order chi connectivity index (χ1) is 16.4. The summed E-state index contributed by atoms with van der Waals surface area (Å²) in [6.45, 7) is 16.8. The molecule has 0 atom stereocenters. The molecular weight excluding hydrogens is 438 g/mol. The molecule has 1 aliphatic rings. The Bertz CT molecular complexity index is 1040. The van der Waals surface area contributed by atoms with Crippen LogP contribution in [0.3, 0.4) is 0 Å². The van der Waals surface area contributed by atoms with Gasteiger partial charge >= 0.3 is 0 Å². The average molecular weight is 480 g/mol. The Hall–Kier alpha value is -2.93. The quantitative estimate of drug-likeness (QED) is 0.604. The number of aromatic nitrogens is 1. The molecule has 7 heteroatoms. The van der Waals surface area contributed by atoms with Gasteiger partial charge in [0.25, 0.3) is 0 Å². The molecule has 0 radical (unpaired) electrons. The minimum absolute atomic E-state index is 0.0662. The molecule has 190 valence electrons. The Balaban J connectivity index is 1.78. The van der Waals surface area contributed by atoms with E-state index in [4.69, 9.17) is 4.98 Å². The van der Waals surface area contributed by atoms with Crippen LogP contribution in [0.2, 0.25) is 0 Å². The third-order valence-corrected chi connectivity index (χ3v) is 6.09. The molecule has 0 spiro atoms. The number of hydrogen-bond donors (Lipinski definition) is 1. The van der Waals surface area contributed by atoms with Crippen molar-refractivity contribution in [1.82, 2.24) is 14.8 Å². The third kappa shape index (κ3) is 7.52. The predicted octanol–water partition coefficient (Wildman–Crippen LogP) is 4.49. The van der Waals surface area contributed by atoms with Crippen molar-refractivity contribution in [3.05, 3.63) is 42.0 Å². The number of nitrogens with zero attached hydrogens (tertiary/aromatic N) is 4. The van der Waals surface area contributed by atoms with Crippen LogP contribution < -0.4 is 10.2 Å². The van der Waals surface area contributed by atoms with Gasteiger partial charge < -0.3 is 10.2 Å². The number of amides is 2. The second-order valence-corrected chi connectivity index (χ2v) is 11.2. The lowest BCUT2D eigenvalue weighted by molar-refractivity contribution is -0.136. The second-order valence-electron chi connectivity index (χ2n) is 11.2. The Labute approximate surface area is 210 Å². The fourth-order valence-electron chi connectivity index (χ4n) is 4.13. The first-order valence-electron chi connectivity index (χ1n) is 12.5. The summed E-state index contributed by atoms with van der Waals surface area (Å²) in [5, 5.41) is 3.45. The molecule has 3 rings (SSSR count). The van der Waals surface area contributed by atoms with E-state index in [2.05, 4.69) is 57.0 Å². The van der Waals surface area contributed by atoms with Crippen LogP contribution >= 0.6 is 0 Å². The van der Waals surface area contributed by atoms with Gasteiger partial charge in [-0.2, -0.15) is 0 Å². The number of piperazine rings is 1. The van der Waals surface area contributed by atoms with Crippen molar-refractivity contribution in [2.45, 2.75) is 48.1 Å². The summed E-state index contributed by atoms with van der Waals surface area (Å²) in [5.41, 5.74) is 3.89. The second kappa shape index (κ2) is 11.2. The number of rotatable bonds is 8. The lowest BCUT2D eigenvalue weighted by Crippen LogP contribution is -2.50. The molecule has 1 aromatic carbocycles. The van der Waals surface area contributed by atoms with Gasteiger partial charge in [0.05, 0.1) is 17.9 Å². The summed E-state index contributed by atoms with van der Waals surface area (Å²) in [7, 11) is 1.75. The average Bonchev–Trinajstić information content (AvgIpc) is 2.78. The standard InChI is InChI=1S/C28H41N5O2/c1-20(2)16-33-14-13-32(18-26(33)35)17-22-9-8-10-23(15-22)24-11-12-25(29-19-28(4,5)6)27(30-24)31(7)21(3)34/h8-12,15,20,29H,13-14,16-19H2,1-7H3. The summed E-state index contributed by atoms with van der Waals surface area (Å²) in [4.78, 5) is 35.3. The van der Waals surface area contributed by atoms with Gasteiger partial charge in [-0.3, -0.25) is 19.4 Å². The van der Waals surface area contributed by atoms with E-state index in [9.17, 15) is 9.59 Å². The summed E-state index contributed by atoms with van der Waals surface area (Å²) >= 11 is 0. The maximum Gasteiger partial charge on any atom is 0.236 e. The number of anilines is 2. The summed E-state index contributed by atoms with van der Waals surface area (Å²) in [5.74, 6) is 1.25. The molecule has 2 aromatic rings. The van der Waals surface area contributed by atoms with E-state index in [0.717, 1.165) is 55.2 Å². The molecule has 1 saturated heterocycles. The van der Waals surface area contributed by atoms with Crippen molar-refractivity contribution in [2.75, 3.05) is 50.0 Å². The van der Waals surface area contributed by atoms with Crippen LogP contribution in [0.4, 0.5) is 11.5 Å². The fourth-order valence-corrected chi connectivity index (χ4v) is 4.13. The fraction of sp³-hybridized carbons (Fsp3) is 0.536. The Morgan fingerprint density at radius 2 is 1.91 bits per heavy atom. The molecule has 0 unspecified atom stereocenters. The Kier molecular flexibility index (Phi) is 8.54. The maximum absolute atomic E-state index is 12.6. The molecule has 1 N–H and O–H groups in total. The monoisotopic (exact) mass is 479 g/mol. The van der Waals surface area contributed by atoms with Gasteiger partial charge in [0, 0.05) is 52.3 Å². The smallest absolute Gasteiger partial charge is 0.236 e. The SMILES string of the molecule is CC(=O)N(C)c1nc(-c2cccc(CN3CCN(CC(C)C)C(=O)C3)c2)ccc1NCC(C)(C)C. The third-order valence-electron chi connectivity index (χ3n) is 6.09. The van der Waals surface area contributed by atoms with Crippen LogP contribution in [0.5, 0.6) is 0 Å². The van der Waals surface area contributed by atoms with Crippen LogP contribution in [0.25, 0.3) is 11.3 Å². The predicted molar refractivity (Wildman–Crippen MR) is 143 cm³/mol. The molecule has 1 fully saturated rings. The largest absolute Gasteiger partial charge is 0.382 e. The van der Waals surface area contributed by atoms with Gasteiger partial charge in [0.1, 0.15) is 0 Å². The zero-order chi connectivity index (χ0) is 25.8. The van der Waals surface area contributed by atoms with Crippen LogP contribution in [0, 0.1) is 11.3 Å². The van der Waals surface area contributed by atoms with Gasteiger partial charge in [-0.25, -0.2) is 4.98 Å². The lowest BCUT2D eigenvalue weighted by atomic mass is 9.97. The van der Waals surface area contributed by atoms with E-state index in [0.29, 0.717) is 18.3 Å². The molecular formula is C28H41N5O2. The summed E-state index contributed by atoms with van der Waals surface area (Å²) < 4.78 is 0. The molecule has 2 amide bonds. The molecule has 0 bridgehead atoms. The lowest BCUT2D eigenvalue weighted by Gasteiger charge is -2.35. The highest BCUT2D eigenvalue weighted by Crippen LogP contribution is 2.29. The van der Waals surface area contributed by atoms with Gasteiger partial charge in [0.15, 0.2) is 5.82 Å². The molecule has 1 aromatic heterocycles. The van der Waals surface area contributed by atoms with Gasteiger partial charge in [-0.15, -0.1) is 0 Å². The van der Waals surface area contributed by atoms with Crippen molar-refractivity contribution in [3.63, 3.8) is 0 Å². The topological polar surface area (TPSA) is 68.8 Å². The van der Waals surface area contributed by atoms with Crippen molar-refractivity contribution < 1.29 is 9.59 Å². The maximum atomic E-state index is 12.6. The number of nitrogens with one attached hydrogen (secondary N) is 1. The van der Waals surface area contributed by atoms with Crippen LogP contribution in [-0.4, -0.2) is 66.4 Å². The van der Waals surface area contributed by atoms with Crippen molar-refractivity contribution in [3.8, 4) is 11.3 Å². The molecule has 1 aliphatic heterocycles. The molecule has 35 heavy (non-hydrogen) atoms. The zero-order valence-corrected chi connectivity index (χ0v) is 22.4. The van der Waals surface area contributed by atoms with E-state index in [1.54, 1.807) is 18.9 Å². The summed E-state index contributed by atoms with van der Waals surface area (Å²) in [6.07, 6.45) is 0. The van der Waals surface area contributed by atoms with Crippen LogP contribution in [0.15, 0.2) is 36.4 Å². The van der Waals surface area contributed by atoms with Gasteiger partial charge in [-0.05, 0) is 35.1 Å². The number of pyridine rings is 1. The zero-order valence-electron chi connectivity index (χ0n) is 22.4. The van der Waals surface area contributed by atoms with E-state index in [1.807, 2.05) is 29.2 Å². The van der Waals surface area contributed by atoms with E-state index >= 15 is 0 Å². The van der Waals surface area contributed by atoms with E-state index in [-0.39, 0.29) is 17.2 Å². The van der Waals surface area contributed by atoms with E-state index in [1.165, 1.54) is 0 Å². The molecule has 7 nitrogen and oxygen atoms in total. The minimum atomic E-state index is -0.0662. The molecule has 0 saturated carbocycles. The number of hydrogen-bond acceptors (Lipinski definition) is 5.